The summed E-state index contributed by atoms with van der Waals surface area (Å²) in [4.78, 5) is 0. The molecule has 1 rings (SSSR count). The molecule has 0 N–H and O–H groups in total. The molecule has 0 aromatic heterocycles. The van der Waals surface area contributed by atoms with Gasteiger partial charge in [-0.3, -0.25) is 0 Å². The number of benzene rings is 1. The Morgan fingerprint density at radius 3 is 2.48 bits per heavy atom. The predicted molar refractivity (Wildman–Crippen MR) is 91.0 cm³/mol. The number of aryl methyl sites for hydroxylation is 1. The van der Waals surface area contributed by atoms with E-state index in [0.717, 1.165) is 36.0 Å². The van der Waals surface area contributed by atoms with Crippen LogP contribution in [0.2, 0.25) is 0 Å². The lowest BCUT2D eigenvalue weighted by atomic mass is 9.87. The van der Waals surface area contributed by atoms with Crippen molar-refractivity contribution in [1.82, 2.24) is 0 Å². The SMILES string of the molecule is C=C(CCC(CCC)C(=C)CC)Cc1ccc(C)cc1F. The Bertz CT molecular complexity index is 485. The topological polar surface area (TPSA) is 0 Å². The van der Waals surface area contributed by atoms with Crippen molar-refractivity contribution in [2.45, 2.75) is 59.3 Å². The van der Waals surface area contributed by atoms with Crippen molar-refractivity contribution >= 4 is 0 Å². The van der Waals surface area contributed by atoms with Crippen molar-refractivity contribution in [3.8, 4) is 0 Å². The van der Waals surface area contributed by atoms with Crippen LogP contribution in [0.3, 0.4) is 0 Å². The Morgan fingerprint density at radius 1 is 1.19 bits per heavy atom. The lowest BCUT2D eigenvalue weighted by Gasteiger charge is -2.18. The fourth-order valence-electron chi connectivity index (χ4n) is 2.72. The first-order chi connectivity index (χ1) is 9.97. The second kappa shape index (κ2) is 8.81. The summed E-state index contributed by atoms with van der Waals surface area (Å²) in [6.07, 6.45) is 6.11. The third kappa shape index (κ3) is 5.87. The molecule has 1 aromatic carbocycles. The van der Waals surface area contributed by atoms with Gasteiger partial charge in [0, 0.05) is 0 Å². The fraction of sp³-hybridized carbons (Fsp3) is 0.500. The number of hydrogen-bond donors (Lipinski definition) is 0. The lowest BCUT2D eigenvalue weighted by Crippen LogP contribution is -2.04. The summed E-state index contributed by atoms with van der Waals surface area (Å²) in [5.74, 6) is 0.471. The largest absolute Gasteiger partial charge is 0.207 e. The van der Waals surface area contributed by atoms with Crippen LogP contribution in [0.1, 0.15) is 57.1 Å². The van der Waals surface area contributed by atoms with Gasteiger partial charge in [0.1, 0.15) is 5.82 Å². The molecular weight excluding hydrogens is 259 g/mol. The zero-order chi connectivity index (χ0) is 15.8. The zero-order valence-electron chi connectivity index (χ0n) is 13.8. The summed E-state index contributed by atoms with van der Waals surface area (Å²) in [6.45, 7) is 14.6. The second-order valence-electron chi connectivity index (χ2n) is 6.06. The van der Waals surface area contributed by atoms with Gasteiger partial charge in [0.2, 0.25) is 0 Å². The van der Waals surface area contributed by atoms with Crippen molar-refractivity contribution in [3.05, 3.63) is 59.4 Å². The van der Waals surface area contributed by atoms with Gasteiger partial charge in [0.25, 0.3) is 0 Å². The molecule has 0 amide bonds. The third-order valence-electron chi connectivity index (χ3n) is 4.16. The van der Waals surface area contributed by atoms with Crippen molar-refractivity contribution in [2.75, 3.05) is 0 Å². The average Bonchev–Trinajstić information content (AvgIpc) is 2.45. The van der Waals surface area contributed by atoms with Gasteiger partial charge in [-0.25, -0.2) is 4.39 Å². The summed E-state index contributed by atoms with van der Waals surface area (Å²) in [5.41, 5.74) is 4.17. The van der Waals surface area contributed by atoms with E-state index in [2.05, 4.69) is 27.0 Å². The van der Waals surface area contributed by atoms with Crippen molar-refractivity contribution < 1.29 is 4.39 Å². The number of allylic oxidation sites excluding steroid dienone is 2. The van der Waals surface area contributed by atoms with Crippen LogP contribution >= 0.6 is 0 Å². The van der Waals surface area contributed by atoms with Gasteiger partial charge in [0.15, 0.2) is 0 Å². The van der Waals surface area contributed by atoms with Crippen LogP contribution in [0.4, 0.5) is 4.39 Å². The van der Waals surface area contributed by atoms with Crippen LogP contribution in [0.15, 0.2) is 42.5 Å². The van der Waals surface area contributed by atoms with E-state index in [4.69, 9.17) is 0 Å². The maximum absolute atomic E-state index is 13.9. The monoisotopic (exact) mass is 288 g/mol. The van der Waals surface area contributed by atoms with E-state index in [1.54, 1.807) is 6.07 Å². The maximum Gasteiger partial charge on any atom is 0.126 e. The molecule has 0 nitrogen and oxygen atoms in total. The molecule has 0 bridgehead atoms. The first-order valence-electron chi connectivity index (χ1n) is 8.07. The van der Waals surface area contributed by atoms with Crippen molar-refractivity contribution in [1.29, 1.82) is 0 Å². The highest BCUT2D eigenvalue weighted by Crippen LogP contribution is 2.26. The lowest BCUT2D eigenvalue weighted by molar-refractivity contribution is 0.498. The van der Waals surface area contributed by atoms with E-state index in [9.17, 15) is 4.39 Å². The fourth-order valence-corrected chi connectivity index (χ4v) is 2.72. The summed E-state index contributed by atoms with van der Waals surface area (Å²) in [5, 5.41) is 0. The third-order valence-corrected chi connectivity index (χ3v) is 4.16. The van der Waals surface area contributed by atoms with Gasteiger partial charge in [0.05, 0.1) is 0 Å². The Morgan fingerprint density at radius 2 is 1.90 bits per heavy atom. The normalized spacial score (nSPS) is 12.2. The number of rotatable bonds is 9. The molecule has 1 aromatic rings. The summed E-state index contributed by atoms with van der Waals surface area (Å²) in [6, 6.07) is 5.44. The minimum Gasteiger partial charge on any atom is -0.207 e. The Hall–Kier alpha value is -1.37. The highest BCUT2D eigenvalue weighted by Gasteiger charge is 2.12. The predicted octanol–water partition coefficient (Wildman–Crippen LogP) is 6.40. The van der Waals surface area contributed by atoms with Crippen LogP contribution < -0.4 is 0 Å². The summed E-state index contributed by atoms with van der Waals surface area (Å²) >= 11 is 0. The van der Waals surface area contributed by atoms with Gasteiger partial charge < -0.3 is 0 Å². The number of halogens is 1. The zero-order valence-corrected chi connectivity index (χ0v) is 13.8. The van der Waals surface area contributed by atoms with Crippen molar-refractivity contribution in [2.24, 2.45) is 5.92 Å². The van der Waals surface area contributed by atoms with E-state index >= 15 is 0 Å². The first kappa shape index (κ1) is 17.7. The molecule has 0 heterocycles. The van der Waals surface area contributed by atoms with E-state index in [-0.39, 0.29) is 5.82 Å². The highest BCUT2D eigenvalue weighted by molar-refractivity contribution is 5.26. The van der Waals surface area contributed by atoms with E-state index in [1.807, 2.05) is 19.1 Å². The number of hydrogen-bond acceptors (Lipinski definition) is 0. The summed E-state index contributed by atoms with van der Waals surface area (Å²) in [7, 11) is 0. The van der Waals surface area contributed by atoms with E-state index < -0.39 is 0 Å². The quantitative estimate of drug-likeness (QED) is 0.461. The van der Waals surface area contributed by atoms with E-state index in [1.165, 1.54) is 18.4 Å². The standard InChI is InChI=1S/C20H29F/c1-6-8-18(17(5)7-2)11-9-15(3)13-19-12-10-16(4)14-20(19)21/h10,12,14,18H,3,5-9,11,13H2,1-2,4H3. The molecule has 1 unspecified atom stereocenters. The minimum atomic E-state index is -0.112. The van der Waals surface area contributed by atoms with Gasteiger partial charge in [-0.2, -0.15) is 0 Å². The highest BCUT2D eigenvalue weighted by atomic mass is 19.1. The van der Waals surface area contributed by atoms with Crippen LogP contribution in [-0.4, -0.2) is 0 Å². The molecular formula is C20H29F. The molecule has 0 saturated heterocycles. The van der Waals surface area contributed by atoms with Gasteiger partial charge >= 0.3 is 0 Å². The maximum atomic E-state index is 13.9. The van der Waals surface area contributed by atoms with Gasteiger partial charge in [-0.15, -0.1) is 0 Å². The average molecular weight is 288 g/mol. The smallest absolute Gasteiger partial charge is 0.126 e. The van der Waals surface area contributed by atoms with Crippen LogP contribution in [0, 0.1) is 18.7 Å². The molecule has 0 aliphatic carbocycles. The molecule has 1 heteroatoms. The van der Waals surface area contributed by atoms with Gasteiger partial charge in [-0.05, 0) is 62.1 Å². The second-order valence-corrected chi connectivity index (χ2v) is 6.06. The Kier molecular flexibility index (Phi) is 7.42. The van der Waals surface area contributed by atoms with Crippen LogP contribution in [-0.2, 0) is 6.42 Å². The van der Waals surface area contributed by atoms with E-state index in [0.29, 0.717) is 12.3 Å². The summed E-state index contributed by atoms with van der Waals surface area (Å²) < 4.78 is 13.9. The van der Waals surface area contributed by atoms with Crippen LogP contribution in [0.25, 0.3) is 0 Å². The molecule has 116 valence electrons. The molecule has 0 radical (unpaired) electrons. The van der Waals surface area contributed by atoms with Crippen molar-refractivity contribution in [3.63, 3.8) is 0 Å². The molecule has 0 spiro atoms. The molecule has 1 atom stereocenters. The minimum absolute atomic E-state index is 0.112. The molecule has 0 aliphatic heterocycles. The Balaban J connectivity index is 2.54. The molecule has 0 saturated carbocycles. The first-order valence-corrected chi connectivity index (χ1v) is 8.07. The molecule has 0 aliphatic rings. The molecule has 21 heavy (non-hydrogen) atoms. The van der Waals surface area contributed by atoms with Crippen LogP contribution in [0.5, 0.6) is 0 Å². The Labute approximate surface area is 129 Å². The van der Waals surface area contributed by atoms with Gasteiger partial charge in [-0.1, -0.05) is 56.7 Å². The molecule has 0 fully saturated rings.